The first-order chi connectivity index (χ1) is 4.25. The Morgan fingerprint density at radius 1 is 1.78 bits per heavy atom. The highest BCUT2D eigenvalue weighted by Crippen LogP contribution is 2.03. The van der Waals surface area contributed by atoms with Crippen LogP contribution in [0.25, 0.3) is 0 Å². The largest absolute Gasteiger partial charge is 0.384 e. The first kappa shape index (κ1) is 6.13. The Kier molecular flexibility index (Phi) is 1.42. The Balaban J connectivity index is 2.67. The molecule has 0 saturated carbocycles. The molecular formula is C6H10N2O. The summed E-state index contributed by atoms with van der Waals surface area (Å²) in [5.74, 6) is 0.0810. The fraction of sp³-hybridized carbons (Fsp3) is 0.500. The maximum absolute atomic E-state index is 10.9. The molecule has 0 saturated heterocycles. The predicted molar refractivity (Wildman–Crippen MR) is 34.8 cm³/mol. The van der Waals surface area contributed by atoms with E-state index in [4.69, 9.17) is 0 Å². The normalized spacial score (nSPS) is 18.2. The third-order valence-corrected chi connectivity index (χ3v) is 1.42. The monoisotopic (exact) mass is 126 g/mol. The molecule has 1 amide bonds. The van der Waals surface area contributed by atoms with Crippen molar-refractivity contribution in [1.82, 2.24) is 10.2 Å². The molecule has 0 aromatic rings. The number of nitrogens with one attached hydrogen (secondary N) is 1. The molecule has 0 radical (unpaired) electrons. The molecule has 1 rings (SSSR count). The van der Waals surface area contributed by atoms with Gasteiger partial charge >= 0.3 is 0 Å². The van der Waals surface area contributed by atoms with Gasteiger partial charge in [-0.3, -0.25) is 4.79 Å². The summed E-state index contributed by atoms with van der Waals surface area (Å²) in [6.45, 7) is 0.731. The van der Waals surface area contributed by atoms with E-state index in [2.05, 4.69) is 5.32 Å². The van der Waals surface area contributed by atoms with E-state index in [-0.39, 0.29) is 5.91 Å². The lowest BCUT2D eigenvalue weighted by Crippen LogP contribution is -2.25. The molecule has 0 aliphatic carbocycles. The molecule has 0 aromatic heterocycles. The lowest BCUT2D eigenvalue weighted by molar-refractivity contribution is -0.124. The average molecular weight is 126 g/mol. The van der Waals surface area contributed by atoms with Gasteiger partial charge in [-0.1, -0.05) is 0 Å². The fourth-order valence-corrected chi connectivity index (χ4v) is 0.813. The van der Waals surface area contributed by atoms with Crippen LogP contribution in [0, 0.1) is 0 Å². The average Bonchev–Trinajstić information content (AvgIpc) is 2.15. The van der Waals surface area contributed by atoms with Crippen molar-refractivity contribution < 1.29 is 4.79 Å². The maximum atomic E-state index is 10.9. The van der Waals surface area contributed by atoms with Crippen molar-refractivity contribution in [1.29, 1.82) is 0 Å². The van der Waals surface area contributed by atoms with E-state index in [0.717, 1.165) is 6.54 Å². The summed E-state index contributed by atoms with van der Waals surface area (Å²) >= 11 is 0. The maximum Gasteiger partial charge on any atom is 0.269 e. The fourth-order valence-electron chi connectivity index (χ4n) is 0.813. The van der Waals surface area contributed by atoms with Gasteiger partial charge in [0.1, 0.15) is 0 Å². The zero-order chi connectivity index (χ0) is 6.85. The Bertz CT molecular complexity index is 162. The standard InChI is InChI=1S/C6H10N2O/c1-7-5-3-4-8(2)6(5)9/h3,7H,4H2,1-2H3. The van der Waals surface area contributed by atoms with E-state index < -0.39 is 0 Å². The van der Waals surface area contributed by atoms with Crippen LogP contribution in [0.5, 0.6) is 0 Å². The van der Waals surface area contributed by atoms with Gasteiger partial charge in [-0.25, -0.2) is 0 Å². The third-order valence-electron chi connectivity index (χ3n) is 1.42. The van der Waals surface area contributed by atoms with Crippen LogP contribution >= 0.6 is 0 Å². The summed E-state index contributed by atoms with van der Waals surface area (Å²) in [5.41, 5.74) is 0.706. The van der Waals surface area contributed by atoms with Crippen LogP contribution in [0.3, 0.4) is 0 Å². The number of rotatable bonds is 1. The number of hydrogen-bond donors (Lipinski definition) is 1. The Morgan fingerprint density at radius 2 is 2.44 bits per heavy atom. The lowest BCUT2D eigenvalue weighted by atomic mass is 10.4. The number of carbonyl (C=O) groups is 1. The SMILES string of the molecule is CNC1=CCN(C)C1=O. The molecular weight excluding hydrogens is 116 g/mol. The second-order valence-electron chi connectivity index (χ2n) is 2.05. The quantitative estimate of drug-likeness (QED) is 0.516. The van der Waals surface area contributed by atoms with Gasteiger partial charge in [0.05, 0.1) is 5.70 Å². The highest BCUT2D eigenvalue weighted by atomic mass is 16.2. The van der Waals surface area contributed by atoms with Gasteiger partial charge in [0.25, 0.3) is 5.91 Å². The highest BCUT2D eigenvalue weighted by molar-refractivity contribution is 5.94. The molecule has 0 bridgehead atoms. The number of carbonyl (C=O) groups excluding carboxylic acids is 1. The molecule has 0 atom stereocenters. The molecule has 1 heterocycles. The summed E-state index contributed by atoms with van der Waals surface area (Å²) in [5, 5.41) is 2.81. The van der Waals surface area contributed by atoms with Crippen molar-refractivity contribution in [2.45, 2.75) is 0 Å². The zero-order valence-electron chi connectivity index (χ0n) is 5.64. The smallest absolute Gasteiger partial charge is 0.269 e. The summed E-state index contributed by atoms with van der Waals surface area (Å²) in [6.07, 6.45) is 1.88. The van der Waals surface area contributed by atoms with Crippen LogP contribution in [-0.4, -0.2) is 31.4 Å². The predicted octanol–water partition coefficient (Wildman–Crippen LogP) is -0.438. The van der Waals surface area contributed by atoms with Gasteiger partial charge in [0, 0.05) is 20.6 Å². The van der Waals surface area contributed by atoms with Crippen LogP contribution in [0.1, 0.15) is 0 Å². The first-order valence-electron chi connectivity index (χ1n) is 2.89. The Labute approximate surface area is 54.3 Å². The molecule has 0 unspecified atom stereocenters. The van der Waals surface area contributed by atoms with Crippen molar-refractivity contribution in [3.63, 3.8) is 0 Å². The summed E-state index contributed by atoms with van der Waals surface area (Å²) < 4.78 is 0. The number of hydrogen-bond acceptors (Lipinski definition) is 2. The minimum absolute atomic E-state index is 0.0810. The van der Waals surface area contributed by atoms with Crippen LogP contribution in [0.15, 0.2) is 11.8 Å². The van der Waals surface area contributed by atoms with Crippen molar-refractivity contribution in [3.8, 4) is 0 Å². The molecule has 3 nitrogen and oxygen atoms in total. The van der Waals surface area contributed by atoms with Crippen molar-refractivity contribution >= 4 is 5.91 Å². The number of likely N-dealkylation sites (N-methyl/N-ethyl adjacent to an activating group) is 2. The summed E-state index contributed by atoms with van der Waals surface area (Å²) in [6, 6.07) is 0. The van der Waals surface area contributed by atoms with E-state index in [0.29, 0.717) is 5.70 Å². The molecule has 1 aliphatic rings. The van der Waals surface area contributed by atoms with E-state index in [1.165, 1.54) is 0 Å². The molecule has 50 valence electrons. The molecule has 1 N–H and O–H groups in total. The van der Waals surface area contributed by atoms with Crippen molar-refractivity contribution in [2.75, 3.05) is 20.6 Å². The lowest BCUT2D eigenvalue weighted by Gasteiger charge is -2.06. The van der Waals surface area contributed by atoms with Gasteiger partial charge < -0.3 is 10.2 Å². The second kappa shape index (κ2) is 2.09. The molecule has 0 fully saturated rings. The van der Waals surface area contributed by atoms with Gasteiger partial charge in [-0.2, -0.15) is 0 Å². The van der Waals surface area contributed by atoms with E-state index >= 15 is 0 Å². The molecule has 9 heavy (non-hydrogen) atoms. The molecule has 0 spiro atoms. The zero-order valence-corrected chi connectivity index (χ0v) is 5.64. The van der Waals surface area contributed by atoms with E-state index in [1.54, 1.807) is 19.0 Å². The van der Waals surface area contributed by atoms with Crippen LogP contribution < -0.4 is 5.32 Å². The first-order valence-corrected chi connectivity index (χ1v) is 2.89. The topological polar surface area (TPSA) is 32.3 Å². The van der Waals surface area contributed by atoms with Crippen LogP contribution in [-0.2, 0) is 4.79 Å². The molecule has 1 aliphatic heterocycles. The minimum Gasteiger partial charge on any atom is -0.384 e. The van der Waals surface area contributed by atoms with Crippen LogP contribution in [0.2, 0.25) is 0 Å². The minimum atomic E-state index is 0.0810. The molecule has 0 aromatic carbocycles. The van der Waals surface area contributed by atoms with Gasteiger partial charge in [0.2, 0.25) is 0 Å². The van der Waals surface area contributed by atoms with Gasteiger partial charge in [-0.15, -0.1) is 0 Å². The van der Waals surface area contributed by atoms with E-state index in [1.807, 2.05) is 6.08 Å². The Morgan fingerprint density at radius 3 is 2.67 bits per heavy atom. The van der Waals surface area contributed by atoms with Crippen molar-refractivity contribution in [3.05, 3.63) is 11.8 Å². The van der Waals surface area contributed by atoms with Gasteiger partial charge in [0.15, 0.2) is 0 Å². The second-order valence-corrected chi connectivity index (χ2v) is 2.05. The van der Waals surface area contributed by atoms with Crippen molar-refractivity contribution in [2.24, 2.45) is 0 Å². The summed E-state index contributed by atoms with van der Waals surface area (Å²) in [7, 11) is 3.53. The van der Waals surface area contributed by atoms with Crippen LogP contribution in [0.4, 0.5) is 0 Å². The highest BCUT2D eigenvalue weighted by Gasteiger charge is 2.17. The third kappa shape index (κ3) is 0.896. The number of nitrogens with zero attached hydrogens (tertiary/aromatic N) is 1. The van der Waals surface area contributed by atoms with E-state index in [9.17, 15) is 4.79 Å². The summed E-state index contributed by atoms with van der Waals surface area (Å²) in [4.78, 5) is 12.6. The molecule has 3 heteroatoms. The number of amides is 1. The van der Waals surface area contributed by atoms with Gasteiger partial charge in [-0.05, 0) is 6.08 Å². The Hall–Kier alpha value is -0.990.